The maximum atomic E-state index is 13.9. The molecule has 1 amide bonds. The summed E-state index contributed by atoms with van der Waals surface area (Å²) in [6.07, 6.45) is 1.61. The zero-order chi connectivity index (χ0) is 25.9. The van der Waals surface area contributed by atoms with E-state index in [-0.39, 0.29) is 17.2 Å². The molecule has 2 aromatic carbocycles. The average molecular weight is 570 g/mol. The summed E-state index contributed by atoms with van der Waals surface area (Å²) in [4.78, 5) is 35.5. The van der Waals surface area contributed by atoms with E-state index in [1.165, 1.54) is 34.4 Å². The van der Waals surface area contributed by atoms with Crippen LogP contribution in [0, 0.1) is 3.95 Å². The number of rotatable bonds is 8. The van der Waals surface area contributed by atoms with Gasteiger partial charge in [-0.1, -0.05) is 41.3 Å². The zero-order valence-corrected chi connectivity index (χ0v) is 22.8. The van der Waals surface area contributed by atoms with Crippen molar-refractivity contribution in [2.75, 3.05) is 25.3 Å². The van der Waals surface area contributed by atoms with Gasteiger partial charge in [0, 0.05) is 17.6 Å². The molecule has 0 fully saturated rings. The summed E-state index contributed by atoms with van der Waals surface area (Å²) in [6.45, 7) is 0. The molecule has 13 heteroatoms. The lowest BCUT2D eigenvalue weighted by Crippen LogP contribution is -2.23. The fourth-order valence-corrected chi connectivity index (χ4v) is 6.25. The number of nitrogens with one attached hydrogen (secondary N) is 1. The Morgan fingerprint density at radius 2 is 1.97 bits per heavy atom. The van der Waals surface area contributed by atoms with Crippen LogP contribution in [0.15, 0.2) is 70.1 Å². The van der Waals surface area contributed by atoms with Crippen molar-refractivity contribution in [1.29, 1.82) is 0 Å². The van der Waals surface area contributed by atoms with Crippen LogP contribution < -0.4 is 20.3 Å². The molecule has 0 bridgehead atoms. The Bertz CT molecular complexity index is 1710. The van der Waals surface area contributed by atoms with Crippen molar-refractivity contribution in [3.63, 3.8) is 0 Å². The zero-order valence-electron chi connectivity index (χ0n) is 19.5. The fraction of sp³-hybridized carbons (Fsp3) is 0.125. The van der Waals surface area contributed by atoms with E-state index in [1.807, 2.05) is 36.4 Å². The molecule has 0 atom stereocenters. The number of benzene rings is 2. The van der Waals surface area contributed by atoms with E-state index in [0.29, 0.717) is 41.8 Å². The number of nitrogens with zero attached hydrogens (tertiary/aromatic N) is 4. The number of thioether (sulfide) groups is 1. The van der Waals surface area contributed by atoms with Gasteiger partial charge in [-0.05, 0) is 36.5 Å². The van der Waals surface area contributed by atoms with Gasteiger partial charge in [-0.2, -0.15) is 0 Å². The minimum Gasteiger partial charge on any atom is -0.497 e. The van der Waals surface area contributed by atoms with Crippen molar-refractivity contribution in [2.45, 2.75) is 5.16 Å². The minimum atomic E-state index is -0.310. The summed E-state index contributed by atoms with van der Waals surface area (Å²) in [7, 11) is 3.12. The molecule has 9 nitrogen and oxygen atoms in total. The second-order valence-electron chi connectivity index (χ2n) is 7.44. The molecule has 1 N–H and O–H groups in total. The van der Waals surface area contributed by atoms with Crippen LogP contribution in [-0.4, -0.2) is 45.0 Å². The molecular formula is C24H19N5O4S4. The van der Waals surface area contributed by atoms with Gasteiger partial charge in [0.1, 0.15) is 16.2 Å². The predicted molar refractivity (Wildman–Crippen MR) is 150 cm³/mol. The number of fused-ring (bicyclic) bond motifs is 1. The van der Waals surface area contributed by atoms with Gasteiger partial charge in [0.15, 0.2) is 19.9 Å². The van der Waals surface area contributed by atoms with E-state index < -0.39 is 0 Å². The van der Waals surface area contributed by atoms with Crippen LogP contribution in [0.25, 0.3) is 21.7 Å². The monoisotopic (exact) mass is 569 g/mol. The highest BCUT2D eigenvalue weighted by Crippen LogP contribution is 2.31. The smallest absolute Gasteiger partial charge is 0.278 e. The molecule has 0 saturated carbocycles. The Kier molecular flexibility index (Phi) is 7.37. The van der Waals surface area contributed by atoms with Crippen LogP contribution in [0.4, 0.5) is 5.13 Å². The number of ether oxygens (including phenoxy) is 2. The fourth-order valence-electron chi connectivity index (χ4n) is 3.61. The SMILES string of the molecule is COc1cccc(-n2c(=S)sc3c(=O)n(-c4ccccc4OC)c(SCC(=O)Nc4nccs4)nc32)c1. The summed E-state index contributed by atoms with van der Waals surface area (Å²) >= 11 is 9.28. The van der Waals surface area contributed by atoms with Crippen LogP contribution in [0.3, 0.4) is 0 Å². The summed E-state index contributed by atoms with van der Waals surface area (Å²) in [5.41, 5.74) is 1.33. The number of anilines is 1. The third kappa shape index (κ3) is 5.03. The Hall–Kier alpha value is -3.52. The molecule has 0 unspecified atom stereocenters. The molecule has 0 saturated heterocycles. The Labute approximate surface area is 228 Å². The van der Waals surface area contributed by atoms with Crippen molar-refractivity contribution >= 4 is 68.0 Å². The van der Waals surface area contributed by atoms with Crippen LogP contribution in [0.2, 0.25) is 0 Å². The molecule has 37 heavy (non-hydrogen) atoms. The third-order valence-electron chi connectivity index (χ3n) is 5.23. The highest BCUT2D eigenvalue weighted by molar-refractivity contribution is 7.99. The predicted octanol–water partition coefficient (Wildman–Crippen LogP) is 5.17. The molecular weight excluding hydrogens is 551 g/mol. The Morgan fingerprint density at radius 3 is 2.73 bits per heavy atom. The van der Waals surface area contributed by atoms with E-state index in [9.17, 15) is 9.59 Å². The molecule has 0 aliphatic rings. The second-order valence-corrected chi connectivity index (χ2v) is 10.9. The van der Waals surface area contributed by atoms with Gasteiger partial charge in [0.25, 0.3) is 5.56 Å². The number of methoxy groups -OCH3 is 2. The highest BCUT2D eigenvalue weighted by atomic mass is 32.2. The first kappa shape index (κ1) is 25.1. The third-order valence-corrected chi connectivity index (χ3v) is 8.20. The summed E-state index contributed by atoms with van der Waals surface area (Å²) in [6, 6.07) is 14.5. The summed E-state index contributed by atoms with van der Waals surface area (Å²) < 4.78 is 14.9. The second kappa shape index (κ2) is 10.8. The first-order chi connectivity index (χ1) is 18.0. The van der Waals surface area contributed by atoms with Crippen LogP contribution >= 0.6 is 46.7 Å². The standard InChI is InChI=1S/C24H19N5O4S4/c1-32-15-7-5-6-14(12-15)28-20-19(37-24(28)34)21(31)29(16-8-3-4-9-17(16)33-2)23(27-20)36-13-18(30)26-22-25-10-11-35-22/h3-12H,13H2,1-2H3,(H,25,26,30). The van der Waals surface area contributed by atoms with E-state index >= 15 is 0 Å². The molecule has 3 heterocycles. The lowest BCUT2D eigenvalue weighted by molar-refractivity contribution is -0.113. The van der Waals surface area contributed by atoms with Crippen LogP contribution in [0.5, 0.6) is 11.5 Å². The Morgan fingerprint density at radius 1 is 1.14 bits per heavy atom. The van der Waals surface area contributed by atoms with Gasteiger partial charge < -0.3 is 14.8 Å². The number of carbonyl (C=O) groups is 1. The number of carbonyl (C=O) groups excluding carboxylic acids is 1. The number of aromatic nitrogens is 4. The first-order valence-corrected chi connectivity index (χ1v) is 13.9. The molecule has 0 aliphatic heterocycles. The normalized spacial score (nSPS) is 11.0. The van der Waals surface area contributed by atoms with Gasteiger partial charge in [0.05, 0.1) is 31.3 Å². The van der Waals surface area contributed by atoms with Gasteiger partial charge in [-0.3, -0.25) is 18.7 Å². The van der Waals surface area contributed by atoms with Gasteiger partial charge in [-0.25, -0.2) is 9.97 Å². The number of amides is 1. The maximum absolute atomic E-state index is 13.9. The first-order valence-electron chi connectivity index (χ1n) is 10.8. The average Bonchev–Trinajstić information content (AvgIpc) is 3.54. The molecule has 188 valence electrons. The van der Waals surface area contributed by atoms with Crippen molar-refractivity contribution < 1.29 is 14.3 Å². The molecule has 0 spiro atoms. The van der Waals surface area contributed by atoms with E-state index in [2.05, 4.69) is 10.3 Å². The quantitative estimate of drug-likeness (QED) is 0.155. The molecule has 5 aromatic rings. The van der Waals surface area contributed by atoms with Crippen LogP contribution in [0.1, 0.15) is 0 Å². The number of hydrogen-bond donors (Lipinski definition) is 1. The summed E-state index contributed by atoms with van der Waals surface area (Å²) in [5.74, 6) is 0.887. The van der Waals surface area contributed by atoms with Gasteiger partial charge >= 0.3 is 0 Å². The maximum Gasteiger partial charge on any atom is 0.278 e. The molecule has 5 rings (SSSR count). The van der Waals surface area contributed by atoms with Crippen molar-refractivity contribution in [3.8, 4) is 22.9 Å². The number of thiazole rings is 2. The molecule has 3 aromatic heterocycles. The van der Waals surface area contributed by atoms with Crippen molar-refractivity contribution in [2.24, 2.45) is 0 Å². The lowest BCUT2D eigenvalue weighted by atomic mass is 10.3. The van der Waals surface area contributed by atoms with Crippen molar-refractivity contribution in [3.05, 3.63) is 74.4 Å². The molecule has 0 aliphatic carbocycles. The highest BCUT2D eigenvalue weighted by Gasteiger charge is 2.21. The Balaban J connectivity index is 1.67. The van der Waals surface area contributed by atoms with Gasteiger partial charge in [-0.15, -0.1) is 11.3 Å². The van der Waals surface area contributed by atoms with Crippen LogP contribution in [-0.2, 0) is 4.79 Å². The topological polar surface area (TPSA) is 100 Å². The molecule has 0 radical (unpaired) electrons. The number of para-hydroxylation sites is 2. The minimum absolute atomic E-state index is 0.0106. The lowest BCUT2D eigenvalue weighted by Gasteiger charge is -2.15. The van der Waals surface area contributed by atoms with Gasteiger partial charge in [0.2, 0.25) is 5.91 Å². The van der Waals surface area contributed by atoms with E-state index in [0.717, 1.165) is 17.4 Å². The largest absolute Gasteiger partial charge is 0.497 e. The van der Waals surface area contributed by atoms with E-state index in [4.69, 9.17) is 26.7 Å². The number of hydrogen-bond acceptors (Lipinski definition) is 10. The van der Waals surface area contributed by atoms with E-state index in [1.54, 1.807) is 35.4 Å². The van der Waals surface area contributed by atoms with Crippen molar-refractivity contribution in [1.82, 2.24) is 19.1 Å². The summed E-state index contributed by atoms with van der Waals surface area (Å²) in [5, 5.41) is 5.35.